The lowest BCUT2D eigenvalue weighted by atomic mass is 9.99. The standard InChI is InChI=1S/C19H20N8O/c1-11-5-4-7-27-15(11)9-14(24-27)17-16-13(20-10-21-16)6-8-26(17)19(28)18-22-12(2)23-25(18)3/h4-5,7,9-10,17H,6,8H2,1-3H3,(H,20,21)/t17-/m0/s1. The number of hydrogen-bond acceptors (Lipinski definition) is 5. The van der Waals surface area contributed by atoms with Crippen LogP contribution in [0.4, 0.5) is 0 Å². The summed E-state index contributed by atoms with van der Waals surface area (Å²) in [5.41, 5.74) is 4.80. The maximum atomic E-state index is 13.4. The number of H-pyrrole nitrogens is 1. The van der Waals surface area contributed by atoms with Gasteiger partial charge in [-0.25, -0.2) is 19.2 Å². The molecule has 0 saturated carbocycles. The minimum Gasteiger partial charge on any atom is -0.348 e. The second-order valence-corrected chi connectivity index (χ2v) is 7.11. The molecule has 1 N–H and O–H groups in total. The molecule has 1 amide bonds. The molecular formula is C19H20N8O. The highest BCUT2D eigenvalue weighted by molar-refractivity contribution is 5.91. The summed E-state index contributed by atoms with van der Waals surface area (Å²) in [6.45, 7) is 4.38. The van der Waals surface area contributed by atoms with E-state index in [2.05, 4.69) is 20.1 Å². The summed E-state index contributed by atoms with van der Waals surface area (Å²) in [6.07, 6.45) is 4.30. The Kier molecular flexibility index (Phi) is 3.58. The van der Waals surface area contributed by atoms with E-state index in [-0.39, 0.29) is 11.9 Å². The number of rotatable bonds is 2. The molecule has 5 heterocycles. The van der Waals surface area contributed by atoms with Gasteiger partial charge in [-0.1, -0.05) is 6.07 Å². The van der Waals surface area contributed by atoms with Crippen molar-refractivity contribution in [3.05, 3.63) is 65.0 Å². The number of nitrogens with zero attached hydrogens (tertiary/aromatic N) is 7. The van der Waals surface area contributed by atoms with Crippen LogP contribution in [-0.2, 0) is 13.5 Å². The molecule has 1 aliphatic heterocycles. The van der Waals surface area contributed by atoms with E-state index in [1.54, 1.807) is 25.2 Å². The molecule has 0 saturated heterocycles. The molecule has 1 atom stereocenters. The Balaban J connectivity index is 1.65. The molecule has 0 bridgehead atoms. The summed E-state index contributed by atoms with van der Waals surface area (Å²) in [5, 5.41) is 8.98. The van der Waals surface area contributed by atoms with Gasteiger partial charge >= 0.3 is 0 Å². The van der Waals surface area contributed by atoms with Crippen LogP contribution in [-0.4, -0.2) is 51.7 Å². The molecule has 0 fully saturated rings. The fourth-order valence-electron chi connectivity index (χ4n) is 3.93. The molecule has 4 aromatic heterocycles. The van der Waals surface area contributed by atoms with Crippen LogP contribution >= 0.6 is 0 Å². The second-order valence-electron chi connectivity index (χ2n) is 7.11. The van der Waals surface area contributed by atoms with Crippen molar-refractivity contribution in [2.24, 2.45) is 7.05 Å². The molecule has 9 nitrogen and oxygen atoms in total. The van der Waals surface area contributed by atoms with Gasteiger partial charge in [0, 0.05) is 31.9 Å². The van der Waals surface area contributed by atoms with Crippen LogP contribution in [0.2, 0.25) is 0 Å². The van der Waals surface area contributed by atoms with Gasteiger partial charge in [-0.05, 0) is 31.5 Å². The Bertz CT molecular complexity index is 1200. The van der Waals surface area contributed by atoms with Gasteiger partial charge in [-0.2, -0.15) is 10.2 Å². The number of carbonyl (C=O) groups excluding carboxylic acids is 1. The van der Waals surface area contributed by atoms with E-state index in [1.165, 1.54) is 4.68 Å². The van der Waals surface area contributed by atoms with Gasteiger partial charge in [0.2, 0.25) is 5.82 Å². The van der Waals surface area contributed by atoms with E-state index in [4.69, 9.17) is 5.10 Å². The first-order valence-corrected chi connectivity index (χ1v) is 9.18. The highest BCUT2D eigenvalue weighted by atomic mass is 16.2. The molecule has 0 aliphatic carbocycles. The average Bonchev–Trinajstić information content (AvgIpc) is 3.38. The van der Waals surface area contributed by atoms with Crippen LogP contribution in [0.3, 0.4) is 0 Å². The number of aromatic amines is 1. The van der Waals surface area contributed by atoms with Gasteiger partial charge < -0.3 is 9.88 Å². The summed E-state index contributed by atoms with van der Waals surface area (Å²) in [5.74, 6) is 0.722. The van der Waals surface area contributed by atoms with E-state index in [1.807, 2.05) is 35.8 Å². The number of pyridine rings is 1. The largest absolute Gasteiger partial charge is 0.348 e. The van der Waals surface area contributed by atoms with Crippen molar-refractivity contribution in [2.75, 3.05) is 6.54 Å². The summed E-state index contributed by atoms with van der Waals surface area (Å²) in [7, 11) is 1.74. The molecule has 0 radical (unpaired) electrons. The van der Waals surface area contributed by atoms with Gasteiger partial charge in [-0.15, -0.1) is 0 Å². The molecule has 0 aromatic carbocycles. The van der Waals surface area contributed by atoms with E-state index in [0.717, 1.165) is 28.2 Å². The smallest absolute Gasteiger partial charge is 0.292 e. The summed E-state index contributed by atoms with van der Waals surface area (Å²) < 4.78 is 3.38. The first-order valence-electron chi connectivity index (χ1n) is 9.18. The SMILES string of the molecule is Cc1nc(C(=O)N2CCc3[nH]cnc3[C@@H]2c2cc3c(C)cccn3n2)n(C)n1. The molecule has 0 spiro atoms. The van der Waals surface area contributed by atoms with Crippen LogP contribution in [0.1, 0.15) is 45.1 Å². The van der Waals surface area contributed by atoms with Gasteiger partial charge in [0.15, 0.2) is 0 Å². The topological polar surface area (TPSA) is 97.0 Å². The van der Waals surface area contributed by atoms with Gasteiger partial charge in [0.25, 0.3) is 5.91 Å². The van der Waals surface area contributed by atoms with Crippen molar-refractivity contribution in [1.29, 1.82) is 0 Å². The van der Waals surface area contributed by atoms with Crippen LogP contribution in [0.5, 0.6) is 0 Å². The third kappa shape index (κ3) is 2.43. The Hall–Kier alpha value is -3.49. The zero-order valence-corrected chi connectivity index (χ0v) is 15.9. The molecule has 9 heteroatoms. The van der Waals surface area contributed by atoms with Crippen molar-refractivity contribution in [1.82, 2.24) is 39.2 Å². The number of imidazole rings is 1. The zero-order chi connectivity index (χ0) is 19.4. The fraction of sp³-hybridized carbons (Fsp3) is 0.316. The first-order chi connectivity index (χ1) is 13.5. The minimum atomic E-state index is -0.376. The van der Waals surface area contributed by atoms with E-state index in [9.17, 15) is 4.79 Å². The number of hydrogen-bond donors (Lipinski definition) is 1. The minimum absolute atomic E-state index is 0.171. The molecule has 4 aromatic rings. The molecule has 1 aliphatic rings. The molecular weight excluding hydrogens is 356 g/mol. The number of amides is 1. The Morgan fingerprint density at radius 3 is 2.89 bits per heavy atom. The van der Waals surface area contributed by atoms with Crippen LogP contribution in [0.15, 0.2) is 30.7 Å². The van der Waals surface area contributed by atoms with Crippen LogP contribution in [0.25, 0.3) is 5.52 Å². The summed E-state index contributed by atoms with van der Waals surface area (Å²) in [4.78, 5) is 27.2. The quantitative estimate of drug-likeness (QED) is 0.573. The third-order valence-electron chi connectivity index (χ3n) is 5.26. The number of nitrogens with one attached hydrogen (secondary N) is 1. The Labute approximate surface area is 161 Å². The number of carbonyl (C=O) groups is 1. The lowest BCUT2D eigenvalue weighted by Gasteiger charge is -2.33. The molecule has 5 rings (SSSR count). The van der Waals surface area contributed by atoms with Crippen molar-refractivity contribution >= 4 is 11.4 Å². The third-order valence-corrected chi connectivity index (χ3v) is 5.26. The zero-order valence-electron chi connectivity index (χ0n) is 15.9. The molecule has 28 heavy (non-hydrogen) atoms. The van der Waals surface area contributed by atoms with E-state index in [0.29, 0.717) is 24.6 Å². The number of aromatic nitrogens is 7. The van der Waals surface area contributed by atoms with Crippen molar-refractivity contribution in [3.8, 4) is 0 Å². The number of fused-ring (bicyclic) bond motifs is 2. The Morgan fingerprint density at radius 1 is 1.29 bits per heavy atom. The average molecular weight is 376 g/mol. The highest BCUT2D eigenvalue weighted by Crippen LogP contribution is 2.34. The van der Waals surface area contributed by atoms with Gasteiger partial charge in [-0.3, -0.25) is 4.79 Å². The summed E-state index contributed by atoms with van der Waals surface area (Å²) in [6, 6.07) is 5.67. The lowest BCUT2D eigenvalue weighted by molar-refractivity contribution is 0.0669. The number of aryl methyl sites for hydroxylation is 3. The van der Waals surface area contributed by atoms with Crippen molar-refractivity contribution in [2.45, 2.75) is 26.3 Å². The van der Waals surface area contributed by atoms with E-state index < -0.39 is 0 Å². The predicted octanol–water partition coefficient (Wildman–Crippen LogP) is 1.59. The summed E-state index contributed by atoms with van der Waals surface area (Å²) >= 11 is 0. The first kappa shape index (κ1) is 16.7. The monoisotopic (exact) mass is 376 g/mol. The van der Waals surface area contributed by atoms with E-state index >= 15 is 0 Å². The van der Waals surface area contributed by atoms with Gasteiger partial charge in [0.1, 0.15) is 11.9 Å². The lowest BCUT2D eigenvalue weighted by Crippen LogP contribution is -2.42. The Morgan fingerprint density at radius 2 is 2.14 bits per heavy atom. The van der Waals surface area contributed by atoms with Crippen molar-refractivity contribution < 1.29 is 4.79 Å². The predicted molar refractivity (Wildman–Crippen MR) is 101 cm³/mol. The fourth-order valence-corrected chi connectivity index (χ4v) is 3.93. The molecule has 142 valence electrons. The van der Waals surface area contributed by atoms with Crippen LogP contribution < -0.4 is 0 Å². The maximum absolute atomic E-state index is 13.4. The molecule has 0 unspecified atom stereocenters. The maximum Gasteiger partial charge on any atom is 0.292 e. The second kappa shape index (κ2) is 6.01. The van der Waals surface area contributed by atoms with Crippen molar-refractivity contribution in [3.63, 3.8) is 0 Å². The highest BCUT2D eigenvalue weighted by Gasteiger charge is 2.37. The normalized spacial score (nSPS) is 16.5. The van der Waals surface area contributed by atoms with Crippen LogP contribution in [0, 0.1) is 13.8 Å². The van der Waals surface area contributed by atoms with Gasteiger partial charge in [0.05, 0.1) is 23.2 Å².